The third kappa shape index (κ3) is 2.54. The van der Waals surface area contributed by atoms with Gasteiger partial charge in [-0.15, -0.1) is 0 Å². The molecule has 0 amide bonds. The van der Waals surface area contributed by atoms with E-state index in [1.807, 2.05) is 0 Å². The summed E-state index contributed by atoms with van der Waals surface area (Å²) >= 11 is 0. The Bertz CT molecular complexity index is 189. The zero-order chi connectivity index (χ0) is 10.7. The van der Waals surface area contributed by atoms with E-state index in [0.717, 1.165) is 19.5 Å². The molecule has 1 saturated carbocycles. The highest BCUT2D eigenvalue weighted by atomic mass is 16.3. The van der Waals surface area contributed by atoms with E-state index < -0.39 is 5.60 Å². The second-order valence-electron chi connectivity index (χ2n) is 5.60. The largest absolute Gasteiger partial charge is 0.390 e. The van der Waals surface area contributed by atoms with Crippen LogP contribution >= 0.6 is 0 Å². The van der Waals surface area contributed by atoms with Crippen molar-refractivity contribution in [3.8, 4) is 0 Å². The zero-order valence-corrected chi connectivity index (χ0v) is 9.97. The van der Waals surface area contributed by atoms with Gasteiger partial charge in [-0.05, 0) is 38.6 Å². The molecule has 0 bridgehead atoms. The molecule has 2 N–H and O–H groups in total. The number of nitrogens with one attached hydrogen (secondary N) is 1. The molecule has 2 heteroatoms. The predicted molar refractivity (Wildman–Crippen MR) is 62.8 cm³/mol. The van der Waals surface area contributed by atoms with Gasteiger partial charge in [0.2, 0.25) is 0 Å². The van der Waals surface area contributed by atoms with Crippen LogP contribution < -0.4 is 5.32 Å². The normalized spacial score (nSPS) is 33.6. The highest BCUT2D eigenvalue weighted by Crippen LogP contribution is 2.38. The predicted octanol–water partition coefficient (Wildman–Crippen LogP) is 2.32. The summed E-state index contributed by atoms with van der Waals surface area (Å²) in [5.41, 5.74) is -0.423. The maximum absolute atomic E-state index is 10.7. The fraction of sp³-hybridized carbons (Fsp3) is 1.00. The van der Waals surface area contributed by atoms with Crippen LogP contribution in [-0.4, -0.2) is 23.8 Å². The van der Waals surface area contributed by atoms with Crippen LogP contribution in [0.5, 0.6) is 0 Å². The molecule has 0 spiro atoms. The van der Waals surface area contributed by atoms with Crippen LogP contribution in [0.3, 0.4) is 0 Å². The summed E-state index contributed by atoms with van der Waals surface area (Å²) in [6.07, 6.45) is 9.02. The summed E-state index contributed by atoms with van der Waals surface area (Å²) in [7, 11) is 0. The molecule has 15 heavy (non-hydrogen) atoms. The minimum Gasteiger partial charge on any atom is -0.390 e. The Hall–Kier alpha value is -0.0800. The molecule has 0 radical (unpaired) electrons. The Morgan fingerprint density at radius 1 is 1.00 bits per heavy atom. The zero-order valence-electron chi connectivity index (χ0n) is 9.97. The van der Waals surface area contributed by atoms with Crippen LogP contribution in [0.4, 0.5) is 0 Å². The number of hydrogen-bond acceptors (Lipinski definition) is 2. The van der Waals surface area contributed by atoms with Gasteiger partial charge in [0.05, 0.1) is 5.60 Å². The van der Waals surface area contributed by atoms with Gasteiger partial charge in [-0.2, -0.15) is 0 Å². The Labute approximate surface area is 93.5 Å². The topological polar surface area (TPSA) is 32.3 Å². The third-order valence-corrected chi connectivity index (χ3v) is 4.57. The summed E-state index contributed by atoms with van der Waals surface area (Å²) in [5.74, 6) is 1.03. The first kappa shape index (κ1) is 11.4. The average Bonchev–Trinajstić information content (AvgIpc) is 2.61. The molecule has 1 aliphatic carbocycles. The molecule has 1 saturated heterocycles. The highest BCUT2D eigenvalue weighted by Gasteiger charge is 2.40. The first-order chi connectivity index (χ1) is 7.21. The molecule has 2 nitrogen and oxygen atoms in total. The minimum absolute atomic E-state index is 0.423. The van der Waals surface area contributed by atoms with Gasteiger partial charge in [-0.25, -0.2) is 0 Å². The van der Waals surface area contributed by atoms with Crippen molar-refractivity contribution in [1.29, 1.82) is 0 Å². The molecule has 1 aliphatic heterocycles. The summed E-state index contributed by atoms with van der Waals surface area (Å²) in [4.78, 5) is 0. The first-order valence-electron chi connectivity index (χ1n) is 6.64. The molecule has 2 fully saturated rings. The van der Waals surface area contributed by atoms with Crippen LogP contribution in [0.15, 0.2) is 0 Å². The Balaban J connectivity index is 1.98. The first-order valence-corrected chi connectivity index (χ1v) is 6.64. The summed E-state index contributed by atoms with van der Waals surface area (Å²) in [5, 5.41) is 14.1. The van der Waals surface area contributed by atoms with Crippen LogP contribution in [0, 0.1) is 11.8 Å². The van der Waals surface area contributed by atoms with Crippen molar-refractivity contribution in [2.24, 2.45) is 11.8 Å². The van der Waals surface area contributed by atoms with E-state index in [1.54, 1.807) is 0 Å². The van der Waals surface area contributed by atoms with Crippen LogP contribution in [0.25, 0.3) is 0 Å². The van der Waals surface area contributed by atoms with Crippen molar-refractivity contribution in [2.45, 2.75) is 57.5 Å². The van der Waals surface area contributed by atoms with E-state index >= 15 is 0 Å². The highest BCUT2D eigenvalue weighted by molar-refractivity contribution is 4.93. The van der Waals surface area contributed by atoms with E-state index in [2.05, 4.69) is 12.2 Å². The SMILES string of the molecule is CC(O)(C1CCCCCC1)C1CCNC1. The maximum Gasteiger partial charge on any atom is 0.0688 e. The Morgan fingerprint density at radius 3 is 2.20 bits per heavy atom. The van der Waals surface area contributed by atoms with E-state index in [9.17, 15) is 5.11 Å². The van der Waals surface area contributed by atoms with Crippen molar-refractivity contribution in [3.63, 3.8) is 0 Å². The summed E-state index contributed by atoms with van der Waals surface area (Å²) in [6.45, 7) is 4.19. The van der Waals surface area contributed by atoms with E-state index in [0.29, 0.717) is 11.8 Å². The van der Waals surface area contributed by atoms with Crippen LogP contribution in [0.2, 0.25) is 0 Å². The number of rotatable bonds is 2. The molecular formula is C13H25NO. The molecule has 1 heterocycles. The van der Waals surface area contributed by atoms with Crippen LogP contribution in [0.1, 0.15) is 51.9 Å². The molecule has 2 unspecified atom stereocenters. The van der Waals surface area contributed by atoms with Gasteiger partial charge in [0, 0.05) is 12.5 Å². The van der Waals surface area contributed by atoms with Crippen molar-refractivity contribution < 1.29 is 5.11 Å². The lowest BCUT2D eigenvalue weighted by Gasteiger charge is -2.37. The molecule has 0 aromatic carbocycles. The molecule has 2 atom stereocenters. The standard InChI is InChI=1S/C13H25NO/c1-13(15,12-8-9-14-10-12)11-6-4-2-3-5-7-11/h11-12,14-15H,2-10H2,1H3. The molecule has 88 valence electrons. The minimum atomic E-state index is -0.423. The smallest absolute Gasteiger partial charge is 0.0688 e. The van der Waals surface area contributed by atoms with Gasteiger partial charge in [0.1, 0.15) is 0 Å². The lowest BCUT2D eigenvalue weighted by Crippen LogP contribution is -2.43. The lowest BCUT2D eigenvalue weighted by atomic mass is 9.74. The third-order valence-electron chi connectivity index (χ3n) is 4.57. The quantitative estimate of drug-likeness (QED) is 0.687. The number of hydrogen-bond donors (Lipinski definition) is 2. The molecule has 2 rings (SSSR count). The van der Waals surface area contributed by atoms with Gasteiger partial charge >= 0.3 is 0 Å². The molecule has 2 aliphatic rings. The van der Waals surface area contributed by atoms with Gasteiger partial charge in [0.25, 0.3) is 0 Å². The second-order valence-corrected chi connectivity index (χ2v) is 5.60. The summed E-state index contributed by atoms with van der Waals surface area (Å²) < 4.78 is 0. The van der Waals surface area contributed by atoms with Crippen molar-refractivity contribution >= 4 is 0 Å². The van der Waals surface area contributed by atoms with Crippen LogP contribution in [-0.2, 0) is 0 Å². The van der Waals surface area contributed by atoms with Gasteiger partial charge in [-0.3, -0.25) is 0 Å². The number of aliphatic hydroxyl groups is 1. The molecule has 0 aromatic rings. The van der Waals surface area contributed by atoms with E-state index in [-0.39, 0.29) is 0 Å². The average molecular weight is 211 g/mol. The van der Waals surface area contributed by atoms with Gasteiger partial charge in [-0.1, -0.05) is 25.7 Å². The van der Waals surface area contributed by atoms with Gasteiger partial charge in [0.15, 0.2) is 0 Å². The summed E-state index contributed by atoms with van der Waals surface area (Å²) in [6, 6.07) is 0. The van der Waals surface area contributed by atoms with E-state index in [4.69, 9.17) is 0 Å². The van der Waals surface area contributed by atoms with Crippen molar-refractivity contribution in [3.05, 3.63) is 0 Å². The fourth-order valence-electron chi connectivity index (χ4n) is 3.35. The fourth-order valence-corrected chi connectivity index (χ4v) is 3.35. The van der Waals surface area contributed by atoms with Crippen molar-refractivity contribution in [1.82, 2.24) is 5.32 Å². The van der Waals surface area contributed by atoms with Crippen molar-refractivity contribution in [2.75, 3.05) is 13.1 Å². The Kier molecular flexibility index (Phi) is 3.68. The molecular weight excluding hydrogens is 186 g/mol. The van der Waals surface area contributed by atoms with Gasteiger partial charge < -0.3 is 10.4 Å². The van der Waals surface area contributed by atoms with E-state index in [1.165, 1.54) is 38.5 Å². The molecule has 0 aromatic heterocycles. The maximum atomic E-state index is 10.7. The Morgan fingerprint density at radius 2 is 1.67 bits per heavy atom. The monoisotopic (exact) mass is 211 g/mol. The lowest BCUT2D eigenvalue weighted by molar-refractivity contribution is -0.0526. The second kappa shape index (κ2) is 4.84.